The fourth-order valence-corrected chi connectivity index (χ4v) is 3.92. The molecule has 5 rings (SSSR count). The number of benzene rings is 1. The molecule has 0 saturated carbocycles. The highest BCUT2D eigenvalue weighted by Gasteiger charge is 2.35. The van der Waals surface area contributed by atoms with Crippen molar-refractivity contribution in [2.75, 3.05) is 0 Å². The van der Waals surface area contributed by atoms with Crippen LogP contribution in [-0.4, -0.2) is 4.98 Å². The largest absolute Gasteiger partial charge is 0.396 e. The van der Waals surface area contributed by atoms with Crippen molar-refractivity contribution in [1.29, 1.82) is 0 Å². The number of nitrogens with zero attached hydrogens (tertiary/aromatic N) is 2. The van der Waals surface area contributed by atoms with Crippen LogP contribution in [0.4, 0.5) is 0 Å². The van der Waals surface area contributed by atoms with Gasteiger partial charge in [-0.25, -0.2) is 0 Å². The molecule has 3 nitrogen and oxygen atoms in total. The maximum absolute atomic E-state index is 6.12. The summed E-state index contributed by atoms with van der Waals surface area (Å²) < 4.78 is 9.66. The standard InChI is InChI=1S/C15H9N2OS/c1-2-4-12-10(3-1)13-15(19-12)17-8-9-5-6-16-7-11(9)14(17)18-13/h1-7H,8H2/q+1. The number of oxazole rings is 1. The van der Waals surface area contributed by atoms with Crippen LogP contribution in [0.1, 0.15) is 5.56 Å². The monoisotopic (exact) mass is 265 g/mol. The Labute approximate surface area is 112 Å². The van der Waals surface area contributed by atoms with Crippen molar-refractivity contribution in [3.8, 4) is 11.5 Å². The Morgan fingerprint density at radius 1 is 1.21 bits per heavy atom. The van der Waals surface area contributed by atoms with Crippen LogP contribution in [-0.2, 0) is 6.54 Å². The Bertz CT molecular complexity index is 951. The van der Waals surface area contributed by atoms with Crippen LogP contribution in [0.15, 0.2) is 47.1 Å². The molecule has 0 fully saturated rings. The molecular weight excluding hydrogens is 256 g/mol. The topological polar surface area (TPSA) is 29.9 Å². The molecule has 0 spiro atoms. The first-order valence-corrected chi connectivity index (χ1v) is 7.00. The third-order valence-corrected chi connectivity index (χ3v) is 4.87. The van der Waals surface area contributed by atoms with E-state index >= 15 is 0 Å². The van der Waals surface area contributed by atoms with Gasteiger partial charge in [-0.3, -0.25) is 4.98 Å². The normalized spacial score (nSPS) is 13.1. The predicted octanol–water partition coefficient (Wildman–Crippen LogP) is 3.36. The molecular formula is C15H9N2OS+. The minimum atomic E-state index is 0.882. The fraction of sp³-hybridized carbons (Fsp3) is 0.0667. The molecule has 1 aliphatic rings. The van der Waals surface area contributed by atoms with Gasteiger partial charge in [-0.05, 0) is 18.2 Å². The van der Waals surface area contributed by atoms with E-state index in [1.165, 1.54) is 20.5 Å². The molecule has 0 aliphatic carbocycles. The summed E-state index contributed by atoms with van der Waals surface area (Å²) in [4.78, 5) is 5.42. The Morgan fingerprint density at radius 3 is 3.16 bits per heavy atom. The number of pyridine rings is 1. The van der Waals surface area contributed by atoms with Gasteiger partial charge in [0.1, 0.15) is 5.56 Å². The molecule has 4 aromatic rings. The Hall–Kier alpha value is -2.20. The first-order valence-electron chi connectivity index (χ1n) is 6.19. The lowest BCUT2D eigenvalue weighted by Crippen LogP contribution is -2.29. The summed E-state index contributed by atoms with van der Waals surface area (Å²) in [6, 6.07) is 10.5. The molecule has 1 aliphatic heterocycles. The SMILES string of the molecule is c1ccc2c(c1)sc1c2oc2[n+]1Cc1ccncc1-2. The van der Waals surface area contributed by atoms with E-state index < -0.39 is 0 Å². The molecule has 19 heavy (non-hydrogen) atoms. The van der Waals surface area contributed by atoms with Gasteiger partial charge in [-0.1, -0.05) is 23.5 Å². The zero-order chi connectivity index (χ0) is 12.4. The van der Waals surface area contributed by atoms with E-state index in [-0.39, 0.29) is 0 Å². The molecule has 0 saturated heterocycles. The number of fused-ring (bicyclic) bond motifs is 7. The predicted molar refractivity (Wildman–Crippen MR) is 74.1 cm³/mol. The lowest BCUT2D eigenvalue weighted by molar-refractivity contribution is -0.647. The minimum Gasteiger partial charge on any atom is -0.396 e. The summed E-state index contributed by atoms with van der Waals surface area (Å²) in [6.07, 6.45) is 3.73. The average Bonchev–Trinajstić information content (AvgIpc) is 3.07. The van der Waals surface area contributed by atoms with E-state index in [4.69, 9.17) is 4.42 Å². The quantitative estimate of drug-likeness (QED) is 0.402. The molecule has 1 aromatic carbocycles. The van der Waals surface area contributed by atoms with E-state index in [1.54, 1.807) is 11.3 Å². The summed E-state index contributed by atoms with van der Waals surface area (Å²) in [6.45, 7) is 0.882. The van der Waals surface area contributed by atoms with Gasteiger partial charge in [0.2, 0.25) is 5.58 Å². The summed E-state index contributed by atoms with van der Waals surface area (Å²) in [7, 11) is 0. The number of thiophene rings is 1. The van der Waals surface area contributed by atoms with Gasteiger partial charge in [0.05, 0.1) is 0 Å². The Kier molecular flexibility index (Phi) is 1.64. The van der Waals surface area contributed by atoms with Gasteiger partial charge < -0.3 is 4.42 Å². The minimum absolute atomic E-state index is 0.882. The number of hydrogen-bond acceptors (Lipinski definition) is 3. The maximum Gasteiger partial charge on any atom is 0.384 e. The number of aromatic nitrogens is 2. The van der Waals surface area contributed by atoms with Crippen LogP contribution >= 0.6 is 11.3 Å². The molecule has 0 atom stereocenters. The third kappa shape index (κ3) is 1.12. The van der Waals surface area contributed by atoms with E-state index in [9.17, 15) is 0 Å². The van der Waals surface area contributed by atoms with Gasteiger partial charge in [0, 0.05) is 28.0 Å². The van der Waals surface area contributed by atoms with Crippen molar-refractivity contribution in [3.05, 3.63) is 48.3 Å². The first-order chi connectivity index (χ1) is 9.42. The highest BCUT2D eigenvalue weighted by atomic mass is 32.1. The van der Waals surface area contributed by atoms with Crippen LogP contribution in [0.3, 0.4) is 0 Å². The zero-order valence-electron chi connectivity index (χ0n) is 9.96. The summed E-state index contributed by atoms with van der Waals surface area (Å²) in [5.41, 5.74) is 3.41. The Balaban J connectivity index is 1.93. The van der Waals surface area contributed by atoms with E-state index in [0.29, 0.717) is 0 Å². The summed E-state index contributed by atoms with van der Waals surface area (Å²) in [5.74, 6) is 0.940. The zero-order valence-corrected chi connectivity index (χ0v) is 10.8. The van der Waals surface area contributed by atoms with Crippen molar-refractivity contribution < 1.29 is 8.98 Å². The lowest BCUT2D eigenvalue weighted by atomic mass is 10.2. The number of rotatable bonds is 0. The average molecular weight is 265 g/mol. The van der Waals surface area contributed by atoms with Gasteiger partial charge >= 0.3 is 10.7 Å². The second kappa shape index (κ2) is 3.22. The van der Waals surface area contributed by atoms with Crippen molar-refractivity contribution in [3.63, 3.8) is 0 Å². The van der Waals surface area contributed by atoms with Gasteiger partial charge in [-0.15, -0.1) is 4.57 Å². The second-order valence-corrected chi connectivity index (χ2v) is 5.79. The molecule has 0 amide bonds. The molecule has 0 N–H and O–H groups in total. The van der Waals surface area contributed by atoms with Crippen LogP contribution in [0.2, 0.25) is 0 Å². The molecule has 3 aromatic heterocycles. The molecule has 4 heterocycles. The van der Waals surface area contributed by atoms with Crippen LogP contribution in [0.5, 0.6) is 0 Å². The highest BCUT2D eigenvalue weighted by Crippen LogP contribution is 2.38. The van der Waals surface area contributed by atoms with Crippen LogP contribution < -0.4 is 4.57 Å². The highest BCUT2D eigenvalue weighted by molar-refractivity contribution is 7.25. The van der Waals surface area contributed by atoms with Crippen molar-refractivity contribution in [2.45, 2.75) is 6.54 Å². The van der Waals surface area contributed by atoms with Crippen molar-refractivity contribution >= 4 is 31.8 Å². The van der Waals surface area contributed by atoms with Crippen LogP contribution in [0.25, 0.3) is 32.0 Å². The molecule has 0 bridgehead atoms. The van der Waals surface area contributed by atoms with Gasteiger partial charge in [-0.2, -0.15) is 0 Å². The van der Waals surface area contributed by atoms with Gasteiger partial charge in [0.15, 0.2) is 6.54 Å². The molecule has 0 radical (unpaired) electrons. The van der Waals surface area contributed by atoms with Crippen molar-refractivity contribution in [2.24, 2.45) is 0 Å². The summed E-state index contributed by atoms with van der Waals surface area (Å²) in [5, 5.41) is 1.20. The van der Waals surface area contributed by atoms with E-state index in [1.807, 2.05) is 12.4 Å². The summed E-state index contributed by atoms with van der Waals surface area (Å²) >= 11 is 1.79. The lowest BCUT2D eigenvalue weighted by Gasteiger charge is -1.89. The van der Waals surface area contributed by atoms with E-state index in [2.05, 4.69) is 39.9 Å². The number of hydrogen-bond donors (Lipinski definition) is 0. The maximum atomic E-state index is 6.12. The van der Waals surface area contributed by atoms with Crippen LogP contribution in [0, 0.1) is 0 Å². The van der Waals surface area contributed by atoms with Crippen molar-refractivity contribution in [1.82, 2.24) is 4.98 Å². The molecule has 4 heteroatoms. The Morgan fingerprint density at radius 2 is 2.16 bits per heavy atom. The first kappa shape index (κ1) is 9.69. The third-order valence-electron chi connectivity index (χ3n) is 3.69. The second-order valence-electron chi connectivity index (χ2n) is 4.76. The molecule has 90 valence electrons. The van der Waals surface area contributed by atoms with Gasteiger partial charge in [0.25, 0.3) is 0 Å². The smallest absolute Gasteiger partial charge is 0.384 e. The fourth-order valence-electron chi connectivity index (χ4n) is 2.80. The molecule has 0 unspecified atom stereocenters. The van der Waals surface area contributed by atoms with E-state index in [0.717, 1.165) is 23.6 Å².